The second-order valence-electron chi connectivity index (χ2n) is 4.88. The first-order chi connectivity index (χ1) is 10.3. The van der Waals surface area contributed by atoms with Gasteiger partial charge in [0.25, 0.3) is 0 Å². The van der Waals surface area contributed by atoms with Crippen LogP contribution in [0.4, 0.5) is 0 Å². The molecule has 0 saturated carbocycles. The average molecular weight is 285 g/mol. The van der Waals surface area contributed by atoms with Crippen molar-refractivity contribution < 1.29 is 9.47 Å². The van der Waals surface area contributed by atoms with Gasteiger partial charge in [0, 0.05) is 12.7 Å². The monoisotopic (exact) mass is 285 g/mol. The maximum Gasteiger partial charge on any atom is 0.127 e. The van der Waals surface area contributed by atoms with Crippen LogP contribution in [0.15, 0.2) is 54.6 Å². The Labute approximate surface area is 126 Å². The fraction of sp³-hybridized carbons (Fsp3) is 0.333. The summed E-state index contributed by atoms with van der Waals surface area (Å²) in [6, 6.07) is 18.6. The van der Waals surface area contributed by atoms with E-state index < -0.39 is 0 Å². The molecule has 2 aromatic rings. The Bertz CT molecular complexity index is 522. The maximum atomic E-state index is 6.02. The molecular formula is C18H23NO2. The highest BCUT2D eigenvalue weighted by Crippen LogP contribution is 2.29. The first-order valence-electron chi connectivity index (χ1n) is 7.34. The van der Waals surface area contributed by atoms with Gasteiger partial charge >= 0.3 is 0 Å². The van der Waals surface area contributed by atoms with E-state index in [1.54, 1.807) is 7.11 Å². The van der Waals surface area contributed by atoms with Crippen LogP contribution in [0.3, 0.4) is 0 Å². The molecule has 1 N–H and O–H groups in total. The van der Waals surface area contributed by atoms with Gasteiger partial charge in [-0.1, -0.05) is 55.5 Å². The Hall–Kier alpha value is -1.84. The van der Waals surface area contributed by atoms with Gasteiger partial charge in [0.1, 0.15) is 12.4 Å². The van der Waals surface area contributed by atoms with Crippen molar-refractivity contribution in [3.05, 3.63) is 54.6 Å². The summed E-state index contributed by atoms with van der Waals surface area (Å²) in [6.07, 6.45) is 0. The number of likely N-dealkylation sites (N-methyl/N-ethyl adjacent to an activating group) is 1. The van der Waals surface area contributed by atoms with E-state index in [0.29, 0.717) is 13.2 Å². The van der Waals surface area contributed by atoms with Gasteiger partial charge in [-0.05, 0) is 18.2 Å². The van der Waals surface area contributed by atoms with Crippen LogP contribution in [0.5, 0.6) is 5.75 Å². The molecule has 0 saturated heterocycles. The molecule has 1 atom stereocenters. The van der Waals surface area contributed by atoms with Gasteiger partial charge in [0.05, 0.1) is 12.6 Å². The molecule has 0 aliphatic carbocycles. The maximum absolute atomic E-state index is 6.02. The quantitative estimate of drug-likeness (QED) is 0.807. The summed E-state index contributed by atoms with van der Waals surface area (Å²) in [5.41, 5.74) is 2.28. The van der Waals surface area contributed by atoms with Crippen LogP contribution in [-0.2, 0) is 4.74 Å². The molecule has 0 aliphatic rings. The zero-order chi connectivity index (χ0) is 14.9. The molecule has 0 radical (unpaired) electrons. The van der Waals surface area contributed by atoms with Crippen molar-refractivity contribution in [1.82, 2.24) is 5.32 Å². The fourth-order valence-corrected chi connectivity index (χ4v) is 2.29. The van der Waals surface area contributed by atoms with E-state index >= 15 is 0 Å². The molecule has 0 aliphatic heterocycles. The van der Waals surface area contributed by atoms with Gasteiger partial charge in [-0.25, -0.2) is 0 Å². The third-order valence-electron chi connectivity index (χ3n) is 3.27. The highest BCUT2D eigenvalue weighted by Gasteiger charge is 2.10. The summed E-state index contributed by atoms with van der Waals surface area (Å²) < 4.78 is 11.2. The van der Waals surface area contributed by atoms with E-state index in [-0.39, 0.29) is 6.04 Å². The molecule has 0 heterocycles. The Morgan fingerprint density at radius 3 is 2.38 bits per heavy atom. The Morgan fingerprint density at radius 1 is 0.952 bits per heavy atom. The molecular weight excluding hydrogens is 262 g/mol. The lowest BCUT2D eigenvalue weighted by Crippen LogP contribution is -2.38. The van der Waals surface area contributed by atoms with Crippen LogP contribution in [0.25, 0.3) is 11.1 Å². The Balaban J connectivity index is 2.10. The lowest BCUT2D eigenvalue weighted by Gasteiger charge is -2.19. The van der Waals surface area contributed by atoms with Crippen LogP contribution in [0, 0.1) is 0 Å². The molecule has 3 nitrogen and oxygen atoms in total. The normalized spacial score (nSPS) is 12.1. The highest BCUT2D eigenvalue weighted by atomic mass is 16.5. The van der Waals surface area contributed by atoms with E-state index in [1.165, 1.54) is 5.56 Å². The summed E-state index contributed by atoms with van der Waals surface area (Å²) in [7, 11) is 1.71. The number of nitrogens with one attached hydrogen (secondary N) is 1. The van der Waals surface area contributed by atoms with Crippen LogP contribution in [-0.4, -0.2) is 32.9 Å². The van der Waals surface area contributed by atoms with Crippen molar-refractivity contribution in [3.8, 4) is 16.9 Å². The number of para-hydroxylation sites is 1. The van der Waals surface area contributed by atoms with Gasteiger partial charge in [-0.15, -0.1) is 0 Å². The fourth-order valence-electron chi connectivity index (χ4n) is 2.29. The molecule has 0 aromatic heterocycles. The topological polar surface area (TPSA) is 30.5 Å². The molecule has 0 fully saturated rings. The van der Waals surface area contributed by atoms with Crippen LogP contribution < -0.4 is 10.1 Å². The smallest absolute Gasteiger partial charge is 0.127 e. The minimum Gasteiger partial charge on any atom is -0.491 e. The van der Waals surface area contributed by atoms with E-state index in [0.717, 1.165) is 17.9 Å². The molecule has 1 unspecified atom stereocenters. The zero-order valence-electron chi connectivity index (χ0n) is 12.7. The van der Waals surface area contributed by atoms with E-state index in [2.05, 4.69) is 30.4 Å². The van der Waals surface area contributed by atoms with E-state index in [9.17, 15) is 0 Å². The summed E-state index contributed by atoms with van der Waals surface area (Å²) in [5, 5.41) is 3.36. The molecule has 2 aromatic carbocycles. The Kier molecular flexibility index (Phi) is 6.25. The zero-order valence-corrected chi connectivity index (χ0v) is 12.7. The summed E-state index contributed by atoms with van der Waals surface area (Å²) in [4.78, 5) is 0. The first kappa shape index (κ1) is 15.5. The number of ether oxygens (including phenoxy) is 2. The van der Waals surface area contributed by atoms with E-state index in [1.807, 2.05) is 36.4 Å². The second-order valence-corrected chi connectivity index (χ2v) is 4.88. The molecule has 3 heteroatoms. The third-order valence-corrected chi connectivity index (χ3v) is 3.27. The molecule has 0 bridgehead atoms. The van der Waals surface area contributed by atoms with Gasteiger partial charge in [0.15, 0.2) is 0 Å². The Morgan fingerprint density at radius 2 is 1.67 bits per heavy atom. The van der Waals surface area contributed by atoms with Crippen molar-refractivity contribution in [2.24, 2.45) is 0 Å². The van der Waals surface area contributed by atoms with Crippen molar-refractivity contribution in [1.29, 1.82) is 0 Å². The summed E-state index contributed by atoms with van der Waals surface area (Å²) in [5.74, 6) is 0.905. The highest BCUT2D eigenvalue weighted by molar-refractivity contribution is 5.70. The van der Waals surface area contributed by atoms with Crippen molar-refractivity contribution in [2.45, 2.75) is 13.0 Å². The van der Waals surface area contributed by atoms with Gasteiger partial charge in [0.2, 0.25) is 0 Å². The minimum absolute atomic E-state index is 0.198. The van der Waals surface area contributed by atoms with Crippen molar-refractivity contribution in [2.75, 3.05) is 26.9 Å². The molecule has 0 spiro atoms. The van der Waals surface area contributed by atoms with Gasteiger partial charge < -0.3 is 14.8 Å². The molecule has 0 amide bonds. The van der Waals surface area contributed by atoms with Crippen LogP contribution in [0.1, 0.15) is 6.92 Å². The number of hydrogen-bond acceptors (Lipinski definition) is 3. The number of benzene rings is 2. The predicted octanol–water partition coefficient (Wildman–Crippen LogP) is 3.36. The number of methoxy groups -OCH3 is 1. The van der Waals surface area contributed by atoms with Crippen molar-refractivity contribution in [3.63, 3.8) is 0 Å². The number of hydrogen-bond donors (Lipinski definition) is 1. The van der Waals surface area contributed by atoms with Crippen LogP contribution >= 0.6 is 0 Å². The lowest BCUT2D eigenvalue weighted by atomic mass is 10.1. The second kappa shape index (κ2) is 8.45. The average Bonchev–Trinajstić information content (AvgIpc) is 2.54. The third kappa shape index (κ3) is 4.59. The van der Waals surface area contributed by atoms with Crippen molar-refractivity contribution >= 4 is 0 Å². The summed E-state index contributed by atoms with van der Waals surface area (Å²) in [6.45, 7) is 4.21. The van der Waals surface area contributed by atoms with Gasteiger partial charge in [-0.2, -0.15) is 0 Å². The summed E-state index contributed by atoms with van der Waals surface area (Å²) >= 11 is 0. The molecule has 112 valence electrons. The lowest BCUT2D eigenvalue weighted by molar-refractivity contribution is 0.137. The predicted molar refractivity (Wildman–Crippen MR) is 86.7 cm³/mol. The SMILES string of the molecule is CCNC(COC)COc1ccccc1-c1ccccc1. The minimum atomic E-state index is 0.198. The number of rotatable bonds is 8. The molecule has 21 heavy (non-hydrogen) atoms. The van der Waals surface area contributed by atoms with Gasteiger partial charge in [-0.3, -0.25) is 0 Å². The first-order valence-corrected chi connectivity index (χ1v) is 7.34. The standard InChI is InChI=1S/C18H23NO2/c1-3-19-16(13-20-2)14-21-18-12-8-7-11-17(18)15-9-5-4-6-10-15/h4-12,16,19H,3,13-14H2,1-2H3. The van der Waals surface area contributed by atoms with Crippen LogP contribution in [0.2, 0.25) is 0 Å². The van der Waals surface area contributed by atoms with E-state index in [4.69, 9.17) is 9.47 Å². The largest absolute Gasteiger partial charge is 0.491 e. The molecule has 2 rings (SSSR count).